The molecule has 2 aliphatic rings. The van der Waals surface area contributed by atoms with Crippen LogP contribution in [0, 0.1) is 11.3 Å². The first-order valence-electron chi connectivity index (χ1n) is 7.51. The van der Waals surface area contributed by atoms with E-state index in [0.29, 0.717) is 18.1 Å². The first kappa shape index (κ1) is 13.2. The van der Waals surface area contributed by atoms with Crippen LogP contribution in [-0.2, 0) is 16.9 Å². The molecule has 3 heterocycles. The summed E-state index contributed by atoms with van der Waals surface area (Å²) in [6, 6.07) is 10.5. The summed E-state index contributed by atoms with van der Waals surface area (Å²) in [6.07, 6.45) is 5.21. The van der Waals surface area contributed by atoms with E-state index in [1.165, 1.54) is 11.1 Å². The summed E-state index contributed by atoms with van der Waals surface area (Å²) in [7, 11) is 0. The smallest absolute Gasteiger partial charge is 0.183 e. The van der Waals surface area contributed by atoms with Crippen LogP contribution in [0.4, 0.5) is 5.82 Å². The monoisotopic (exact) mass is 292 g/mol. The molecule has 0 N–H and O–H groups in total. The molecular weight excluding hydrogens is 276 g/mol. The molecular formula is C17H16N4O. The Balaban J connectivity index is 1.71. The highest BCUT2D eigenvalue weighted by atomic mass is 16.5. The number of anilines is 1. The molecule has 1 spiro atoms. The molecule has 4 rings (SSSR count). The number of hydrogen-bond acceptors (Lipinski definition) is 5. The van der Waals surface area contributed by atoms with Crippen molar-refractivity contribution in [2.75, 3.05) is 18.0 Å². The summed E-state index contributed by atoms with van der Waals surface area (Å²) in [5.74, 6) is 0.664. The van der Waals surface area contributed by atoms with Gasteiger partial charge in [0.1, 0.15) is 11.7 Å². The van der Waals surface area contributed by atoms with E-state index < -0.39 is 0 Å². The molecule has 5 nitrogen and oxygen atoms in total. The lowest BCUT2D eigenvalue weighted by molar-refractivity contribution is -0.0471. The Bertz CT molecular complexity index is 750. The van der Waals surface area contributed by atoms with E-state index in [1.54, 1.807) is 12.4 Å². The van der Waals surface area contributed by atoms with Gasteiger partial charge in [-0.05, 0) is 24.0 Å². The minimum atomic E-state index is -0.279. The zero-order valence-corrected chi connectivity index (χ0v) is 12.2. The van der Waals surface area contributed by atoms with Gasteiger partial charge in [-0.3, -0.25) is 0 Å². The molecule has 2 aromatic rings. The Morgan fingerprint density at radius 1 is 1.23 bits per heavy atom. The van der Waals surface area contributed by atoms with Crippen molar-refractivity contribution in [3.8, 4) is 6.07 Å². The van der Waals surface area contributed by atoms with Crippen molar-refractivity contribution in [3.63, 3.8) is 0 Å². The fraction of sp³-hybridized carbons (Fsp3) is 0.353. The van der Waals surface area contributed by atoms with E-state index in [0.717, 1.165) is 25.9 Å². The van der Waals surface area contributed by atoms with Gasteiger partial charge in [-0.25, -0.2) is 9.97 Å². The molecule has 5 heteroatoms. The Labute approximate surface area is 129 Å². The maximum absolute atomic E-state index is 9.25. The van der Waals surface area contributed by atoms with Crippen molar-refractivity contribution in [1.82, 2.24) is 9.97 Å². The number of aromatic nitrogens is 2. The maximum atomic E-state index is 9.25. The molecule has 22 heavy (non-hydrogen) atoms. The number of benzene rings is 1. The van der Waals surface area contributed by atoms with E-state index in [9.17, 15) is 5.26 Å². The van der Waals surface area contributed by atoms with E-state index in [2.05, 4.69) is 45.2 Å². The number of ether oxygens (including phenoxy) is 1. The van der Waals surface area contributed by atoms with Crippen LogP contribution in [0.25, 0.3) is 0 Å². The third kappa shape index (κ3) is 1.96. The van der Waals surface area contributed by atoms with Gasteiger partial charge in [0.2, 0.25) is 0 Å². The van der Waals surface area contributed by atoms with Crippen LogP contribution in [0.15, 0.2) is 36.7 Å². The molecule has 0 saturated carbocycles. The second-order valence-electron chi connectivity index (χ2n) is 5.81. The Kier molecular flexibility index (Phi) is 3.05. The SMILES string of the molecule is N#Cc1nccnc1N1CCCC2(C1)OCc1ccccc12. The number of fused-ring (bicyclic) bond motifs is 2. The van der Waals surface area contributed by atoms with E-state index in [4.69, 9.17) is 4.74 Å². The summed E-state index contributed by atoms with van der Waals surface area (Å²) < 4.78 is 6.20. The normalized spacial score (nSPS) is 23.3. The largest absolute Gasteiger partial charge is 0.364 e. The molecule has 0 amide bonds. The summed E-state index contributed by atoms with van der Waals surface area (Å²) in [4.78, 5) is 10.6. The molecule has 110 valence electrons. The second kappa shape index (κ2) is 5.08. The fourth-order valence-electron chi connectivity index (χ4n) is 3.57. The average molecular weight is 292 g/mol. The molecule has 0 aliphatic carbocycles. The quantitative estimate of drug-likeness (QED) is 0.807. The zero-order chi connectivity index (χ0) is 15.0. The summed E-state index contributed by atoms with van der Waals surface area (Å²) in [5.41, 5.74) is 2.65. The predicted octanol–water partition coefficient (Wildman–Crippen LogP) is 2.37. The predicted molar refractivity (Wildman–Crippen MR) is 81.1 cm³/mol. The molecule has 1 atom stereocenters. The number of nitrogens with zero attached hydrogens (tertiary/aromatic N) is 4. The van der Waals surface area contributed by atoms with Gasteiger partial charge >= 0.3 is 0 Å². The third-order valence-corrected chi connectivity index (χ3v) is 4.55. The van der Waals surface area contributed by atoms with Crippen molar-refractivity contribution in [2.24, 2.45) is 0 Å². The lowest BCUT2D eigenvalue weighted by Gasteiger charge is -2.40. The Hall–Kier alpha value is -2.45. The highest BCUT2D eigenvalue weighted by Gasteiger charge is 2.43. The first-order chi connectivity index (χ1) is 10.8. The van der Waals surface area contributed by atoms with Crippen LogP contribution in [0.5, 0.6) is 0 Å². The highest BCUT2D eigenvalue weighted by molar-refractivity contribution is 5.51. The highest BCUT2D eigenvalue weighted by Crippen LogP contribution is 2.43. The van der Waals surface area contributed by atoms with Gasteiger partial charge in [0.15, 0.2) is 11.5 Å². The van der Waals surface area contributed by atoms with Gasteiger partial charge in [0.05, 0.1) is 13.2 Å². The Morgan fingerprint density at radius 2 is 2.09 bits per heavy atom. The van der Waals surface area contributed by atoms with Crippen LogP contribution in [0.3, 0.4) is 0 Å². The average Bonchev–Trinajstić information content (AvgIpc) is 2.93. The molecule has 0 radical (unpaired) electrons. The second-order valence-corrected chi connectivity index (χ2v) is 5.81. The van der Waals surface area contributed by atoms with Crippen molar-refractivity contribution in [2.45, 2.75) is 25.0 Å². The summed E-state index contributed by atoms with van der Waals surface area (Å²) in [6.45, 7) is 2.26. The van der Waals surface area contributed by atoms with Crippen molar-refractivity contribution in [1.29, 1.82) is 5.26 Å². The van der Waals surface area contributed by atoms with Gasteiger partial charge in [-0.2, -0.15) is 5.26 Å². The van der Waals surface area contributed by atoms with Crippen LogP contribution in [0.2, 0.25) is 0 Å². The maximum Gasteiger partial charge on any atom is 0.183 e. The Morgan fingerprint density at radius 3 is 3.00 bits per heavy atom. The van der Waals surface area contributed by atoms with Crippen LogP contribution < -0.4 is 4.90 Å². The van der Waals surface area contributed by atoms with Crippen molar-refractivity contribution in [3.05, 3.63) is 53.5 Å². The van der Waals surface area contributed by atoms with Crippen LogP contribution >= 0.6 is 0 Å². The van der Waals surface area contributed by atoms with Gasteiger partial charge in [0.25, 0.3) is 0 Å². The molecule has 1 fully saturated rings. The number of nitriles is 1. The summed E-state index contributed by atoms with van der Waals surface area (Å²) in [5, 5.41) is 9.25. The number of piperidine rings is 1. The molecule has 2 aliphatic heterocycles. The number of hydrogen-bond donors (Lipinski definition) is 0. The minimum Gasteiger partial charge on any atom is -0.364 e. The molecule has 1 aromatic heterocycles. The van der Waals surface area contributed by atoms with E-state index >= 15 is 0 Å². The van der Waals surface area contributed by atoms with Crippen molar-refractivity contribution < 1.29 is 4.74 Å². The first-order valence-corrected chi connectivity index (χ1v) is 7.51. The van der Waals surface area contributed by atoms with Crippen LogP contribution in [0.1, 0.15) is 29.7 Å². The number of rotatable bonds is 1. The van der Waals surface area contributed by atoms with Gasteiger partial charge < -0.3 is 9.64 Å². The molecule has 1 unspecified atom stereocenters. The van der Waals surface area contributed by atoms with Crippen molar-refractivity contribution >= 4 is 5.82 Å². The van der Waals surface area contributed by atoms with Gasteiger partial charge in [-0.15, -0.1) is 0 Å². The lowest BCUT2D eigenvalue weighted by atomic mass is 9.85. The summed E-state index contributed by atoms with van der Waals surface area (Å²) >= 11 is 0. The van der Waals surface area contributed by atoms with Gasteiger partial charge in [0, 0.05) is 18.9 Å². The molecule has 1 aromatic carbocycles. The molecule has 0 bridgehead atoms. The van der Waals surface area contributed by atoms with E-state index in [-0.39, 0.29) is 5.60 Å². The zero-order valence-electron chi connectivity index (χ0n) is 12.2. The molecule has 1 saturated heterocycles. The third-order valence-electron chi connectivity index (χ3n) is 4.55. The topological polar surface area (TPSA) is 62.0 Å². The van der Waals surface area contributed by atoms with Gasteiger partial charge in [-0.1, -0.05) is 24.3 Å². The minimum absolute atomic E-state index is 0.279. The fourth-order valence-corrected chi connectivity index (χ4v) is 3.57. The van der Waals surface area contributed by atoms with Crippen LogP contribution in [-0.4, -0.2) is 23.1 Å². The van der Waals surface area contributed by atoms with E-state index in [1.807, 2.05) is 0 Å². The standard InChI is InChI=1S/C17H16N4O/c18-10-15-16(20-8-7-19-15)21-9-3-6-17(12-21)14-5-2-1-4-13(14)11-22-17/h1-2,4-5,7-8H,3,6,9,11-12H2. The lowest BCUT2D eigenvalue weighted by Crippen LogP contribution is -2.46.